The van der Waals surface area contributed by atoms with E-state index in [0.29, 0.717) is 26.2 Å². The second-order valence-corrected chi connectivity index (χ2v) is 9.84. The third-order valence-electron chi connectivity index (χ3n) is 5.83. The third-order valence-corrected chi connectivity index (χ3v) is 7.73. The molecule has 0 spiro atoms. The molecule has 4 rings (SSSR count). The second-order valence-electron chi connectivity index (χ2n) is 7.90. The number of carbonyl (C=O) groups excluding carboxylic acids is 2. The molecule has 0 radical (unpaired) electrons. The van der Waals surface area contributed by atoms with E-state index in [1.807, 2.05) is 18.2 Å². The quantitative estimate of drug-likeness (QED) is 0.665. The van der Waals surface area contributed by atoms with Crippen molar-refractivity contribution in [3.8, 4) is 0 Å². The molecule has 0 N–H and O–H groups in total. The molecule has 0 aromatic heterocycles. The Morgan fingerprint density at radius 2 is 1.65 bits per heavy atom. The van der Waals surface area contributed by atoms with Crippen molar-refractivity contribution in [1.82, 2.24) is 9.21 Å². The van der Waals surface area contributed by atoms with Crippen LogP contribution in [-0.2, 0) is 32.5 Å². The van der Waals surface area contributed by atoms with Crippen LogP contribution in [0.5, 0.6) is 0 Å². The number of hydrogen-bond acceptors (Lipinski definition) is 5. The van der Waals surface area contributed by atoms with Gasteiger partial charge in [0.15, 0.2) is 6.61 Å². The minimum atomic E-state index is -3.64. The first-order valence-corrected chi connectivity index (χ1v) is 12.0. The molecule has 2 aromatic rings. The summed E-state index contributed by atoms with van der Waals surface area (Å²) in [7, 11) is -3.64. The molecule has 0 saturated carbocycles. The van der Waals surface area contributed by atoms with E-state index in [1.165, 1.54) is 34.1 Å². The van der Waals surface area contributed by atoms with Gasteiger partial charge in [-0.05, 0) is 48.6 Å². The summed E-state index contributed by atoms with van der Waals surface area (Å²) in [5.74, 6) is -0.971. The lowest BCUT2D eigenvalue weighted by molar-refractivity contribution is -0.135. The second kappa shape index (κ2) is 9.20. The van der Waals surface area contributed by atoms with Crippen molar-refractivity contribution in [2.45, 2.75) is 37.1 Å². The van der Waals surface area contributed by atoms with E-state index in [0.717, 1.165) is 31.2 Å². The SMILES string of the molecule is O=C(OCC(=O)N1CCc2ccccc2C1)c1cccc(S(=O)(=O)N2CCCCC2)c1. The minimum Gasteiger partial charge on any atom is -0.452 e. The standard InChI is InChI=1S/C23H26N2O5S/c26-22(24-14-11-18-7-2-3-8-20(18)16-24)17-30-23(27)19-9-6-10-21(15-19)31(28,29)25-12-4-1-5-13-25/h2-3,6-10,15H,1,4-5,11-14,16-17H2. The number of piperidine rings is 1. The van der Waals surface area contributed by atoms with E-state index in [4.69, 9.17) is 4.74 Å². The summed E-state index contributed by atoms with van der Waals surface area (Å²) in [6.07, 6.45) is 3.47. The Balaban J connectivity index is 1.38. The number of nitrogens with zero attached hydrogens (tertiary/aromatic N) is 2. The van der Waals surface area contributed by atoms with Crippen molar-refractivity contribution < 1.29 is 22.7 Å². The van der Waals surface area contributed by atoms with Gasteiger partial charge in [0.2, 0.25) is 10.0 Å². The topological polar surface area (TPSA) is 84.0 Å². The molecule has 8 heteroatoms. The van der Waals surface area contributed by atoms with Gasteiger partial charge in [0.25, 0.3) is 5.91 Å². The van der Waals surface area contributed by atoms with E-state index in [2.05, 4.69) is 6.07 Å². The predicted octanol–water partition coefficient (Wildman–Crippen LogP) is 2.60. The number of benzene rings is 2. The number of esters is 1. The summed E-state index contributed by atoms with van der Waals surface area (Å²) in [5, 5.41) is 0. The highest BCUT2D eigenvalue weighted by molar-refractivity contribution is 7.89. The van der Waals surface area contributed by atoms with Gasteiger partial charge in [-0.15, -0.1) is 0 Å². The van der Waals surface area contributed by atoms with Gasteiger partial charge in [0.05, 0.1) is 10.5 Å². The molecule has 31 heavy (non-hydrogen) atoms. The number of carbonyl (C=O) groups is 2. The molecular formula is C23H26N2O5S. The van der Waals surface area contributed by atoms with Crippen LogP contribution in [0.3, 0.4) is 0 Å². The maximum Gasteiger partial charge on any atom is 0.338 e. The lowest BCUT2D eigenvalue weighted by atomic mass is 10.00. The zero-order chi connectivity index (χ0) is 21.8. The highest BCUT2D eigenvalue weighted by Crippen LogP contribution is 2.22. The normalized spacial score (nSPS) is 17.1. The summed E-state index contributed by atoms with van der Waals surface area (Å²) in [5.41, 5.74) is 2.45. The molecule has 0 atom stereocenters. The highest BCUT2D eigenvalue weighted by atomic mass is 32.2. The monoisotopic (exact) mass is 442 g/mol. The zero-order valence-corrected chi connectivity index (χ0v) is 18.1. The lowest BCUT2D eigenvalue weighted by Crippen LogP contribution is -2.38. The predicted molar refractivity (Wildman–Crippen MR) is 115 cm³/mol. The van der Waals surface area contributed by atoms with Gasteiger partial charge in [-0.3, -0.25) is 4.79 Å². The Hall–Kier alpha value is -2.71. The van der Waals surface area contributed by atoms with Crippen molar-refractivity contribution in [3.63, 3.8) is 0 Å². The van der Waals surface area contributed by atoms with E-state index < -0.39 is 16.0 Å². The van der Waals surface area contributed by atoms with Crippen LogP contribution in [0.15, 0.2) is 53.4 Å². The molecule has 2 aromatic carbocycles. The highest BCUT2D eigenvalue weighted by Gasteiger charge is 2.27. The molecule has 2 aliphatic rings. The maximum absolute atomic E-state index is 12.8. The van der Waals surface area contributed by atoms with Gasteiger partial charge in [-0.25, -0.2) is 13.2 Å². The van der Waals surface area contributed by atoms with Crippen molar-refractivity contribution >= 4 is 21.9 Å². The van der Waals surface area contributed by atoms with Crippen LogP contribution in [0.2, 0.25) is 0 Å². The Morgan fingerprint density at radius 1 is 0.903 bits per heavy atom. The zero-order valence-electron chi connectivity index (χ0n) is 17.3. The van der Waals surface area contributed by atoms with Crippen LogP contribution in [0.1, 0.15) is 40.7 Å². The average molecular weight is 443 g/mol. The first-order valence-electron chi connectivity index (χ1n) is 10.6. The van der Waals surface area contributed by atoms with Crippen molar-refractivity contribution in [1.29, 1.82) is 0 Å². The number of hydrogen-bond donors (Lipinski definition) is 0. The van der Waals surface area contributed by atoms with Crippen molar-refractivity contribution in [2.24, 2.45) is 0 Å². The summed E-state index contributed by atoms with van der Waals surface area (Å²) >= 11 is 0. The molecule has 7 nitrogen and oxygen atoms in total. The number of amides is 1. The summed E-state index contributed by atoms with van der Waals surface area (Å²) in [6, 6.07) is 13.8. The Labute approximate surface area is 182 Å². The van der Waals surface area contributed by atoms with Crippen molar-refractivity contribution in [2.75, 3.05) is 26.2 Å². The summed E-state index contributed by atoms with van der Waals surface area (Å²) in [6.45, 7) is 1.69. The van der Waals surface area contributed by atoms with Crippen molar-refractivity contribution in [3.05, 3.63) is 65.2 Å². The lowest BCUT2D eigenvalue weighted by Gasteiger charge is -2.28. The van der Waals surface area contributed by atoms with Gasteiger partial charge in [-0.1, -0.05) is 36.8 Å². The van der Waals surface area contributed by atoms with Crippen LogP contribution in [0.4, 0.5) is 0 Å². The van der Waals surface area contributed by atoms with Crippen LogP contribution in [0, 0.1) is 0 Å². The molecule has 1 saturated heterocycles. The number of sulfonamides is 1. The first-order chi connectivity index (χ1) is 14.9. The van der Waals surface area contributed by atoms with E-state index in [9.17, 15) is 18.0 Å². The minimum absolute atomic E-state index is 0.0721. The third kappa shape index (κ3) is 4.80. The Bertz CT molecular complexity index is 1080. The molecule has 0 aliphatic carbocycles. The van der Waals surface area contributed by atoms with Crippen LogP contribution < -0.4 is 0 Å². The maximum atomic E-state index is 12.8. The molecular weight excluding hydrogens is 416 g/mol. The van der Waals surface area contributed by atoms with E-state index >= 15 is 0 Å². The molecule has 2 aliphatic heterocycles. The Kier molecular flexibility index (Phi) is 6.38. The fourth-order valence-electron chi connectivity index (χ4n) is 4.05. The van der Waals surface area contributed by atoms with Crippen LogP contribution >= 0.6 is 0 Å². The molecule has 164 valence electrons. The van der Waals surface area contributed by atoms with Crippen LogP contribution in [0.25, 0.3) is 0 Å². The summed E-state index contributed by atoms with van der Waals surface area (Å²) < 4.78 is 32.4. The largest absolute Gasteiger partial charge is 0.452 e. The van der Waals surface area contributed by atoms with Gasteiger partial charge in [-0.2, -0.15) is 4.31 Å². The fourth-order valence-corrected chi connectivity index (χ4v) is 5.61. The average Bonchev–Trinajstić information content (AvgIpc) is 2.82. The smallest absolute Gasteiger partial charge is 0.338 e. The number of fused-ring (bicyclic) bond motifs is 1. The van der Waals surface area contributed by atoms with Crippen LogP contribution in [-0.4, -0.2) is 55.7 Å². The van der Waals surface area contributed by atoms with E-state index in [1.54, 1.807) is 4.90 Å². The van der Waals surface area contributed by atoms with Gasteiger partial charge >= 0.3 is 5.97 Å². The fraction of sp³-hybridized carbons (Fsp3) is 0.391. The number of rotatable bonds is 5. The number of ether oxygens (including phenoxy) is 1. The Morgan fingerprint density at radius 3 is 2.42 bits per heavy atom. The molecule has 2 heterocycles. The molecule has 1 amide bonds. The van der Waals surface area contributed by atoms with Gasteiger partial charge < -0.3 is 9.64 Å². The van der Waals surface area contributed by atoms with Gasteiger partial charge in [0, 0.05) is 26.2 Å². The van der Waals surface area contributed by atoms with E-state index in [-0.39, 0.29) is 23.0 Å². The first kappa shape index (κ1) is 21.5. The molecule has 1 fully saturated rings. The molecule has 0 bridgehead atoms. The van der Waals surface area contributed by atoms with Gasteiger partial charge in [0.1, 0.15) is 0 Å². The summed E-state index contributed by atoms with van der Waals surface area (Å²) in [4.78, 5) is 26.8. The molecule has 0 unspecified atom stereocenters.